The van der Waals surface area contributed by atoms with Gasteiger partial charge in [-0.25, -0.2) is 0 Å². The van der Waals surface area contributed by atoms with E-state index in [9.17, 15) is 0 Å². The Morgan fingerprint density at radius 3 is 2.76 bits per heavy atom. The predicted octanol–water partition coefficient (Wildman–Crippen LogP) is 4.09. The van der Waals surface area contributed by atoms with Crippen LogP contribution in [0.25, 0.3) is 11.3 Å². The van der Waals surface area contributed by atoms with Gasteiger partial charge < -0.3 is 10.2 Å². The summed E-state index contributed by atoms with van der Waals surface area (Å²) in [5, 5.41) is 0.737. The van der Waals surface area contributed by atoms with Gasteiger partial charge in [-0.05, 0) is 59.8 Å². The van der Waals surface area contributed by atoms with Gasteiger partial charge in [0.15, 0.2) is 0 Å². The molecule has 0 bridgehead atoms. The van der Waals surface area contributed by atoms with Crippen molar-refractivity contribution < 1.29 is 4.42 Å². The summed E-state index contributed by atoms with van der Waals surface area (Å²) in [6.07, 6.45) is 0.754. The van der Waals surface area contributed by atoms with Gasteiger partial charge in [-0.15, -0.1) is 0 Å². The van der Waals surface area contributed by atoms with Crippen molar-refractivity contribution in [3.05, 3.63) is 44.7 Å². The monoisotopic (exact) mass is 361 g/mol. The van der Waals surface area contributed by atoms with E-state index in [0.717, 1.165) is 32.1 Å². The van der Waals surface area contributed by atoms with Crippen molar-refractivity contribution in [2.24, 2.45) is 5.73 Å². The van der Waals surface area contributed by atoms with Crippen LogP contribution >= 0.6 is 34.2 Å². The highest BCUT2D eigenvalue weighted by Gasteiger charge is 2.09. The van der Waals surface area contributed by atoms with Crippen LogP contribution in [0, 0.1) is 3.57 Å². The molecule has 2 N–H and O–H groups in total. The summed E-state index contributed by atoms with van der Waals surface area (Å²) in [7, 11) is 0. The maximum atomic E-state index is 5.93. The summed E-state index contributed by atoms with van der Waals surface area (Å²) >= 11 is 8.18. The summed E-state index contributed by atoms with van der Waals surface area (Å²) in [4.78, 5) is 0. The first kappa shape index (κ1) is 12.9. The lowest BCUT2D eigenvalue weighted by Crippen LogP contribution is -2.17. The van der Waals surface area contributed by atoms with Crippen LogP contribution in [-0.4, -0.2) is 6.04 Å². The van der Waals surface area contributed by atoms with E-state index < -0.39 is 0 Å². The number of hydrogen-bond acceptors (Lipinski definition) is 2. The molecule has 0 aliphatic carbocycles. The minimum Gasteiger partial charge on any atom is -0.461 e. The lowest BCUT2D eigenvalue weighted by atomic mass is 10.2. The minimum absolute atomic E-state index is 0.110. The number of furan rings is 1. The third-order valence-electron chi connectivity index (χ3n) is 2.38. The van der Waals surface area contributed by atoms with Crippen molar-refractivity contribution in [1.29, 1.82) is 0 Å². The zero-order chi connectivity index (χ0) is 12.4. The van der Waals surface area contributed by atoms with Crippen LogP contribution in [0.5, 0.6) is 0 Å². The fourth-order valence-corrected chi connectivity index (χ4v) is 2.78. The van der Waals surface area contributed by atoms with Gasteiger partial charge in [0.05, 0.1) is 0 Å². The van der Waals surface area contributed by atoms with Crippen molar-refractivity contribution >= 4 is 34.2 Å². The van der Waals surface area contributed by atoms with Crippen LogP contribution in [0.4, 0.5) is 0 Å². The average Bonchev–Trinajstić information content (AvgIpc) is 2.65. The highest BCUT2D eigenvalue weighted by atomic mass is 127. The molecule has 0 aliphatic heterocycles. The largest absolute Gasteiger partial charge is 0.461 e. The van der Waals surface area contributed by atoms with Crippen molar-refractivity contribution in [1.82, 2.24) is 0 Å². The van der Waals surface area contributed by atoms with E-state index in [1.807, 2.05) is 37.3 Å². The van der Waals surface area contributed by atoms with Gasteiger partial charge in [-0.3, -0.25) is 0 Å². The third kappa shape index (κ3) is 3.24. The van der Waals surface area contributed by atoms with Gasteiger partial charge >= 0.3 is 0 Å². The van der Waals surface area contributed by atoms with Crippen molar-refractivity contribution in [2.45, 2.75) is 19.4 Å². The van der Waals surface area contributed by atoms with Gasteiger partial charge in [0.2, 0.25) is 0 Å². The Balaban J connectivity index is 2.30. The van der Waals surface area contributed by atoms with E-state index in [1.165, 1.54) is 0 Å². The Bertz CT molecular complexity index is 522. The molecule has 1 atom stereocenters. The molecule has 1 aromatic carbocycles. The van der Waals surface area contributed by atoms with Crippen molar-refractivity contribution in [3.8, 4) is 11.3 Å². The number of rotatable bonds is 3. The van der Waals surface area contributed by atoms with E-state index in [4.69, 9.17) is 21.8 Å². The van der Waals surface area contributed by atoms with E-state index in [1.54, 1.807) is 0 Å². The first-order valence-corrected chi connectivity index (χ1v) is 6.81. The molecule has 1 aromatic heterocycles. The van der Waals surface area contributed by atoms with E-state index in [-0.39, 0.29) is 6.04 Å². The molecule has 2 nitrogen and oxygen atoms in total. The van der Waals surface area contributed by atoms with Crippen molar-refractivity contribution in [3.63, 3.8) is 0 Å². The summed E-state index contributed by atoms with van der Waals surface area (Å²) in [5.74, 6) is 1.78. The summed E-state index contributed by atoms with van der Waals surface area (Å²) in [5.41, 5.74) is 6.80. The molecule has 1 unspecified atom stereocenters. The molecule has 0 fully saturated rings. The second-order valence-corrected chi connectivity index (χ2v) is 5.67. The molecule has 2 aromatic rings. The molecule has 4 heteroatoms. The molecule has 0 amide bonds. The van der Waals surface area contributed by atoms with Crippen LogP contribution in [0.1, 0.15) is 12.7 Å². The van der Waals surface area contributed by atoms with Crippen LogP contribution < -0.4 is 5.73 Å². The second kappa shape index (κ2) is 5.42. The molecular formula is C13H13ClINO. The highest BCUT2D eigenvalue weighted by Crippen LogP contribution is 2.29. The predicted molar refractivity (Wildman–Crippen MR) is 79.2 cm³/mol. The van der Waals surface area contributed by atoms with E-state index in [2.05, 4.69) is 22.6 Å². The van der Waals surface area contributed by atoms with Crippen LogP contribution in [0.3, 0.4) is 0 Å². The average molecular weight is 362 g/mol. The minimum atomic E-state index is 0.110. The van der Waals surface area contributed by atoms with Gasteiger partial charge in [0.25, 0.3) is 0 Å². The SMILES string of the molecule is CC(N)Cc1ccc(-c2ccc(Cl)cc2I)o1. The fourth-order valence-electron chi connectivity index (χ4n) is 1.64. The number of hydrogen-bond donors (Lipinski definition) is 1. The summed E-state index contributed by atoms with van der Waals surface area (Å²) < 4.78 is 6.85. The molecule has 0 aliphatic rings. The smallest absolute Gasteiger partial charge is 0.135 e. The van der Waals surface area contributed by atoms with Crippen LogP contribution in [0.15, 0.2) is 34.7 Å². The normalized spacial score (nSPS) is 12.7. The molecule has 0 saturated heterocycles. The van der Waals surface area contributed by atoms with Gasteiger partial charge in [-0.1, -0.05) is 11.6 Å². The molecule has 2 rings (SSSR count). The molecule has 1 heterocycles. The zero-order valence-corrected chi connectivity index (χ0v) is 12.3. The first-order valence-electron chi connectivity index (χ1n) is 5.36. The molecule has 90 valence electrons. The molecule has 17 heavy (non-hydrogen) atoms. The number of benzene rings is 1. The lowest BCUT2D eigenvalue weighted by molar-refractivity contribution is 0.503. The summed E-state index contributed by atoms with van der Waals surface area (Å²) in [6.45, 7) is 1.97. The lowest BCUT2D eigenvalue weighted by Gasteiger charge is -2.03. The number of halogens is 2. The van der Waals surface area contributed by atoms with Gasteiger partial charge in [0.1, 0.15) is 11.5 Å². The van der Waals surface area contributed by atoms with Gasteiger partial charge in [0, 0.05) is 26.6 Å². The molecule has 0 spiro atoms. The standard InChI is InChI=1S/C13H13ClINO/c1-8(16)6-10-3-5-13(17-10)11-4-2-9(14)7-12(11)15/h2-5,7-8H,6,16H2,1H3. The van der Waals surface area contributed by atoms with Gasteiger partial charge in [-0.2, -0.15) is 0 Å². The summed E-state index contributed by atoms with van der Waals surface area (Å²) in [6, 6.07) is 9.82. The maximum Gasteiger partial charge on any atom is 0.135 e. The highest BCUT2D eigenvalue weighted by molar-refractivity contribution is 14.1. The van der Waals surface area contributed by atoms with E-state index in [0.29, 0.717) is 0 Å². The molecule has 0 radical (unpaired) electrons. The molecule has 0 saturated carbocycles. The Morgan fingerprint density at radius 2 is 2.12 bits per heavy atom. The number of nitrogens with two attached hydrogens (primary N) is 1. The van der Waals surface area contributed by atoms with E-state index >= 15 is 0 Å². The zero-order valence-electron chi connectivity index (χ0n) is 9.41. The Kier molecular flexibility index (Phi) is 4.12. The second-order valence-electron chi connectivity index (χ2n) is 4.07. The Morgan fingerprint density at radius 1 is 1.35 bits per heavy atom. The fraction of sp³-hybridized carbons (Fsp3) is 0.231. The topological polar surface area (TPSA) is 39.2 Å². The van der Waals surface area contributed by atoms with Crippen molar-refractivity contribution in [2.75, 3.05) is 0 Å². The quantitative estimate of drug-likeness (QED) is 0.836. The Hall–Kier alpha value is -0.520. The Labute approximate surface area is 119 Å². The maximum absolute atomic E-state index is 5.93. The molecular weight excluding hydrogens is 349 g/mol. The third-order valence-corrected chi connectivity index (χ3v) is 3.51. The first-order chi connectivity index (χ1) is 8.06. The van der Waals surface area contributed by atoms with Crippen LogP contribution in [0.2, 0.25) is 5.02 Å². The van der Waals surface area contributed by atoms with Crippen LogP contribution in [-0.2, 0) is 6.42 Å².